The van der Waals surface area contributed by atoms with Gasteiger partial charge < -0.3 is 29.3 Å². The van der Waals surface area contributed by atoms with E-state index in [0.717, 1.165) is 46.3 Å². The van der Waals surface area contributed by atoms with Crippen molar-refractivity contribution in [2.24, 2.45) is 10.2 Å². The standard InChI is InChI=1S/C52H51N9O9S/c1-4-69-52(68)61-43-19-17-40-36(20-24-57(40)47(64)32-10-15-39-46(28-32)71-50(53-39)55-54-33-11-13-34(14-12-33)56(3)22-9-27-70-31(2)63)38(43)30-45(61)48(65)58-25-21-35-37-29-44-49(66)59(23-7-5-6-8-26-62)51(67)60(44)42(37)18-16-41(35)58/h10-19,28-30,62H,4-9,20-27H2,1-3H3. The number of amides is 4. The molecule has 0 spiro atoms. The van der Waals surface area contributed by atoms with Gasteiger partial charge in [-0.05, 0) is 129 Å². The number of hydrogen-bond donors (Lipinski definition) is 1. The minimum absolute atomic E-state index is 0.0884. The zero-order chi connectivity index (χ0) is 49.5. The maximum atomic E-state index is 14.7. The van der Waals surface area contributed by atoms with Gasteiger partial charge in [-0.15, -0.1) is 10.2 Å². The molecule has 4 aromatic carbocycles. The van der Waals surface area contributed by atoms with Crippen LogP contribution in [0.25, 0.3) is 32.0 Å². The molecule has 0 fully saturated rings. The predicted octanol–water partition coefficient (Wildman–Crippen LogP) is 9.40. The maximum absolute atomic E-state index is 14.7. The molecule has 71 heavy (non-hydrogen) atoms. The second kappa shape index (κ2) is 19.6. The molecule has 6 heterocycles. The van der Waals surface area contributed by atoms with Crippen LogP contribution in [0.15, 0.2) is 89.1 Å². The molecular weight excluding hydrogens is 927 g/mol. The van der Waals surface area contributed by atoms with Gasteiger partial charge in [-0.1, -0.05) is 24.2 Å². The van der Waals surface area contributed by atoms with Gasteiger partial charge in [0, 0.05) is 80.2 Å². The molecule has 0 saturated carbocycles. The third-order valence-electron chi connectivity index (χ3n) is 13.3. The Kier molecular flexibility index (Phi) is 12.9. The molecule has 19 heteroatoms. The van der Waals surface area contributed by atoms with Crippen molar-refractivity contribution in [1.29, 1.82) is 0 Å². The van der Waals surface area contributed by atoms with E-state index in [1.165, 1.54) is 32.3 Å². The van der Waals surface area contributed by atoms with Crippen LogP contribution < -0.4 is 14.7 Å². The van der Waals surface area contributed by atoms with Gasteiger partial charge in [0.15, 0.2) is 0 Å². The second-order valence-electron chi connectivity index (χ2n) is 17.7. The summed E-state index contributed by atoms with van der Waals surface area (Å²) in [5, 5.41) is 19.7. The van der Waals surface area contributed by atoms with Gasteiger partial charge in [0.25, 0.3) is 17.7 Å². The first-order valence-corrected chi connectivity index (χ1v) is 24.7. The fraction of sp³-hybridized carbons (Fsp3) is 0.327. The molecule has 0 bridgehead atoms. The summed E-state index contributed by atoms with van der Waals surface area (Å²) < 4.78 is 14.1. The molecule has 7 aromatic rings. The molecule has 1 N–H and O–H groups in total. The van der Waals surface area contributed by atoms with Crippen molar-refractivity contribution in [1.82, 2.24) is 19.0 Å². The van der Waals surface area contributed by atoms with E-state index >= 15 is 0 Å². The second-order valence-corrected chi connectivity index (χ2v) is 18.7. The molecule has 0 aliphatic carbocycles. The number of thiazole rings is 1. The highest BCUT2D eigenvalue weighted by molar-refractivity contribution is 7.21. The molecule has 3 aliphatic heterocycles. The number of fused-ring (bicyclic) bond motifs is 9. The number of benzene rings is 4. The Morgan fingerprint density at radius 2 is 1.49 bits per heavy atom. The molecule has 0 unspecified atom stereocenters. The minimum Gasteiger partial charge on any atom is -0.466 e. The first-order chi connectivity index (χ1) is 34.4. The molecule has 0 atom stereocenters. The zero-order valence-corrected chi connectivity index (χ0v) is 40.4. The number of anilines is 3. The summed E-state index contributed by atoms with van der Waals surface area (Å²) in [6.07, 6.45) is 3.92. The van der Waals surface area contributed by atoms with Gasteiger partial charge in [-0.3, -0.25) is 28.6 Å². The average molecular weight is 978 g/mol. The number of nitrogens with zero attached hydrogens (tertiary/aromatic N) is 9. The highest BCUT2D eigenvalue weighted by Crippen LogP contribution is 2.41. The Bertz CT molecular complexity index is 3340. The monoisotopic (exact) mass is 977 g/mol. The van der Waals surface area contributed by atoms with E-state index in [2.05, 4.69) is 20.1 Å². The lowest BCUT2D eigenvalue weighted by Gasteiger charge is -2.19. The van der Waals surface area contributed by atoms with Crippen LogP contribution in [0.4, 0.5) is 37.5 Å². The molecular formula is C52H51N9O9S. The molecule has 4 amide bonds. The van der Waals surface area contributed by atoms with Crippen molar-refractivity contribution in [3.8, 4) is 0 Å². The predicted molar refractivity (Wildman–Crippen MR) is 269 cm³/mol. The molecule has 3 aliphatic rings. The van der Waals surface area contributed by atoms with Crippen molar-refractivity contribution >= 4 is 107 Å². The van der Waals surface area contributed by atoms with Gasteiger partial charge in [-0.25, -0.2) is 19.1 Å². The topological polar surface area (TPSA) is 202 Å². The van der Waals surface area contributed by atoms with Crippen molar-refractivity contribution in [2.45, 2.75) is 58.8 Å². The van der Waals surface area contributed by atoms with Crippen molar-refractivity contribution < 1.29 is 43.3 Å². The Labute approximate surface area is 411 Å². The van der Waals surface area contributed by atoms with Crippen LogP contribution in [0.1, 0.15) is 88.4 Å². The van der Waals surface area contributed by atoms with Crippen LogP contribution in [0, 0.1) is 0 Å². The molecule has 10 rings (SSSR count). The Morgan fingerprint density at radius 1 is 0.789 bits per heavy atom. The first-order valence-electron chi connectivity index (χ1n) is 23.8. The Hall–Kier alpha value is -7.77. The number of azo groups is 1. The van der Waals surface area contributed by atoms with Crippen LogP contribution in [-0.2, 0) is 27.1 Å². The van der Waals surface area contributed by atoms with E-state index in [1.54, 1.807) is 59.2 Å². The highest BCUT2D eigenvalue weighted by Gasteiger charge is 2.39. The number of carbonyl (C=O) groups is 6. The van der Waals surface area contributed by atoms with E-state index in [9.17, 15) is 28.8 Å². The van der Waals surface area contributed by atoms with Crippen LogP contribution >= 0.6 is 11.3 Å². The number of rotatable bonds is 16. The average Bonchev–Trinajstić information content (AvgIpc) is 4.23. The lowest BCUT2D eigenvalue weighted by molar-refractivity contribution is -0.141. The van der Waals surface area contributed by atoms with E-state index in [-0.39, 0.29) is 42.4 Å². The maximum Gasteiger partial charge on any atom is 0.419 e. The van der Waals surface area contributed by atoms with Crippen LogP contribution in [0.2, 0.25) is 0 Å². The summed E-state index contributed by atoms with van der Waals surface area (Å²) in [4.78, 5) is 92.1. The van der Waals surface area contributed by atoms with Crippen LogP contribution in [0.3, 0.4) is 0 Å². The SMILES string of the molecule is CCOC(=O)n1c(C(=O)N2CCc3c2ccc2c3cc3n2C(=O)N(CCCCCCO)C3=O)cc2c3c(ccc21)N(C(=O)c1ccc2nc(N=Nc4ccc(N(C)CCCOC(C)=O)cc4)sc2c1)CC3. The number of hydrogen-bond acceptors (Lipinski definition) is 14. The van der Waals surface area contributed by atoms with E-state index in [0.29, 0.717) is 108 Å². The smallest absolute Gasteiger partial charge is 0.419 e. The van der Waals surface area contributed by atoms with E-state index in [4.69, 9.17) is 14.6 Å². The third-order valence-corrected chi connectivity index (χ3v) is 14.2. The number of aromatic nitrogens is 3. The molecule has 364 valence electrons. The van der Waals surface area contributed by atoms with Crippen LogP contribution in [0.5, 0.6) is 0 Å². The molecule has 0 radical (unpaired) electrons. The number of ether oxygens (including phenoxy) is 2. The third kappa shape index (κ3) is 8.68. The minimum atomic E-state index is -0.700. The van der Waals surface area contributed by atoms with Gasteiger partial charge in [-0.2, -0.15) is 0 Å². The van der Waals surface area contributed by atoms with Gasteiger partial charge in [0.2, 0.25) is 5.13 Å². The summed E-state index contributed by atoms with van der Waals surface area (Å²) in [5.74, 6) is -1.27. The summed E-state index contributed by atoms with van der Waals surface area (Å²) in [6, 6.07) is 23.1. The van der Waals surface area contributed by atoms with Crippen molar-refractivity contribution in [2.75, 3.05) is 67.7 Å². The number of aliphatic hydroxyl groups is 1. The summed E-state index contributed by atoms with van der Waals surface area (Å²) in [7, 11) is 1.97. The van der Waals surface area contributed by atoms with E-state index in [1.807, 2.05) is 43.4 Å². The summed E-state index contributed by atoms with van der Waals surface area (Å²) in [6.45, 7) is 5.38. The quantitative estimate of drug-likeness (QED) is 0.0549. The van der Waals surface area contributed by atoms with E-state index < -0.39 is 18.0 Å². The van der Waals surface area contributed by atoms with Crippen molar-refractivity contribution in [3.05, 3.63) is 107 Å². The lowest BCUT2D eigenvalue weighted by Crippen LogP contribution is -2.32. The van der Waals surface area contributed by atoms with Crippen molar-refractivity contribution in [3.63, 3.8) is 0 Å². The Morgan fingerprint density at radius 3 is 2.21 bits per heavy atom. The summed E-state index contributed by atoms with van der Waals surface area (Å²) in [5.41, 5.74) is 7.24. The van der Waals surface area contributed by atoms with Gasteiger partial charge in [0.05, 0.1) is 40.2 Å². The fourth-order valence-electron chi connectivity index (χ4n) is 9.88. The zero-order valence-electron chi connectivity index (χ0n) is 39.6. The molecule has 3 aromatic heterocycles. The molecule has 0 saturated heterocycles. The first kappa shape index (κ1) is 46.9. The number of imide groups is 1. The summed E-state index contributed by atoms with van der Waals surface area (Å²) >= 11 is 1.32. The largest absolute Gasteiger partial charge is 0.466 e. The molecule has 18 nitrogen and oxygen atoms in total. The van der Waals surface area contributed by atoms with Crippen LogP contribution in [-0.4, -0.2) is 113 Å². The van der Waals surface area contributed by atoms with Gasteiger partial charge >= 0.3 is 18.1 Å². The number of esters is 1. The normalized spacial score (nSPS) is 14.1. The number of carbonyl (C=O) groups excluding carboxylic acids is 6. The Balaban J connectivity index is 0.866. The highest BCUT2D eigenvalue weighted by atomic mass is 32.1. The fourth-order valence-corrected chi connectivity index (χ4v) is 10.7. The number of unbranched alkanes of at least 4 members (excludes halogenated alkanes) is 3. The van der Waals surface area contributed by atoms with Gasteiger partial charge in [0.1, 0.15) is 11.4 Å². The number of aliphatic hydroxyl groups excluding tert-OH is 1. The lowest BCUT2D eigenvalue weighted by atomic mass is 10.1.